The Bertz CT molecular complexity index is 815. The first kappa shape index (κ1) is 22.0. The molecule has 0 aliphatic carbocycles. The number of rotatable bonds is 2. The van der Waals surface area contributed by atoms with Crippen molar-refractivity contribution >= 4 is 133 Å². The van der Waals surface area contributed by atoms with Crippen molar-refractivity contribution in [3.05, 3.63) is 50.2 Å². The van der Waals surface area contributed by atoms with Gasteiger partial charge in [-0.3, -0.25) is 0 Å². The fourth-order valence-corrected chi connectivity index (χ4v) is 3.93. The normalized spacial score (nSPS) is 10.6. The van der Waals surface area contributed by atoms with E-state index in [-0.39, 0.29) is 61.6 Å². The summed E-state index contributed by atoms with van der Waals surface area (Å²) >= 11 is 59.7. The number of aliphatic imine (C=N–C) groups is 2. The van der Waals surface area contributed by atoms with Gasteiger partial charge >= 0.3 is 0 Å². The Morgan fingerprint density at radius 3 is 0.800 bits per heavy atom. The highest BCUT2D eigenvalue weighted by molar-refractivity contribution is 6.57. The molecule has 2 aromatic rings. The van der Waals surface area contributed by atoms with Crippen LogP contribution in [0.2, 0.25) is 50.2 Å². The number of hydrogen-bond donors (Lipinski definition) is 0. The molecule has 0 amide bonds. The third-order valence-corrected chi connectivity index (χ3v) is 7.21. The van der Waals surface area contributed by atoms with Gasteiger partial charge in [-0.05, 0) is 0 Å². The Kier molecular flexibility index (Phi) is 7.76. The lowest BCUT2D eigenvalue weighted by atomic mass is 10.3. The Hall–Kier alpha value is 0.720. The van der Waals surface area contributed by atoms with Gasteiger partial charge in [0.05, 0.1) is 50.2 Å². The SMILES string of the molecule is Clc1c(Cl)c(Cl)c(N=C=Nc2c(Cl)c(Cl)c(Cl)c(Cl)c2Cl)c(Cl)c1Cl. The van der Waals surface area contributed by atoms with Crippen LogP contribution in [0.4, 0.5) is 11.4 Å². The van der Waals surface area contributed by atoms with Crippen LogP contribution in [-0.4, -0.2) is 6.01 Å². The van der Waals surface area contributed by atoms with Gasteiger partial charge in [-0.25, -0.2) is 0 Å². The second-order valence-corrected chi connectivity index (χ2v) is 7.94. The molecule has 12 heteroatoms. The second kappa shape index (κ2) is 8.82. The molecule has 2 aromatic carbocycles. The monoisotopic (exact) mass is 534 g/mol. The number of halogens is 10. The van der Waals surface area contributed by atoms with E-state index in [0.717, 1.165) is 0 Å². The summed E-state index contributed by atoms with van der Waals surface area (Å²) in [6.45, 7) is 0. The summed E-state index contributed by atoms with van der Waals surface area (Å²) in [6.07, 6.45) is 0. The molecule has 0 saturated carbocycles. The average Bonchev–Trinajstić information content (AvgIpc) is 2.60. The van der Waals surface area contributed by atoms with Crippen LogP contribution in [0, 0.1) is 0 Å². The lowest BCUT2D eigenvalue weighted by Crippen LogP contribution is -1.81. The number of benzene rings is 2. The molecule has 0 unspecified atom stereocenters. The highest BCUT2D eigenvalue weighted by Gasteiger charge is 2.20. The molecule has 0 N–H and O–H groups in total. The fourth-order valence-electron chi connectivity index (χ4n) is 1.51. The van der Waals surface area contributed by atoms with E-state index in [1.807, 2.05) is 0 Å². The minimum Gasteiger partial charge on any atom is -0.184 e. The van der Waals surface area contributed by atoms with E-state index in [4.69, 9.17) is 116 Å². The summed E-state index contributed by atoms with van der Waals surface area (Å²) in [7, 11) is 0. The van der Waals surface area contributed by atoms with Gasteiger partial charge in [0, 0.05) is 0 Å². The van der Waals surface area contributed by atoms with Crippen LogP contribution < -0.4 is 0 Å². The molecule has 0 heterocycles. The third-order valence-electron chi connectivity index (χ3n) is 2.70. The molecule has 0 aromatic heterocycles. The van der Waals surface area contributed by atoms with Crippen LogP contribution in [0.3, 0.4) is 0 Å². The first-order valence-corrected chi connectivity index (χ1v) is 9.56. The van der Waals surface area contributed by atoms with E-state index in [0.29, 0.717) is 0 Å². The summed E-state index contributed by atoms with van der Waals surface area (Å²) in [4.78, 5) is 7.77. The van der Waals surface area contributed by atoms with Crippen LogP contribution in [0.25, 0.3) is 0 Å². The molecule has 132 valence electrons. The largest absolute Gasteiger partial charge is 0.184 e. The third kappa shape index (κ3) is 4.26. The van der Waals surface area contributed by atoms with Crippen molar-refractivity contribution < 1.29 is 0 Å². The molecule has 0 atom stereocenters. The van der Waals surface area contributed by atoms with E-state index in [1.165, 1.54) is 0 Å². The number of hydrogen-bond acceptors (Lipinski definition) is 2. The van der Waals surface area contributed by atoms with Crippen molar-refractivity contribution in [3.8, 4) is 0 Å². The van der Waals surface area contributed by atoms with Crippen LogP contribution in [0.5, 0.6) is 0 Å². The Labute approximate surface area is 192 Å². The topological polar surface area (TPSA) is 24.7 Å². The summed E-state index contributed by atoms with van der Waals surface area (Å²) in [5.74, 6) is 0. The molecular formula is C13Cl10N2. The number of nitrogens with zero attached hydrogens (tertiary/aromatic N) is 2. The molecule has 0 aliphatic heterocycles. The highest BCUT2D eigenvalue weighted by atomic mass is 35.5. The summed E-state index contributed by atoms with van der Waals surface area (Å²) < 4.78 is 0. The minimum atomic E-state index is -0.0341. The Balaban J connectivity index is 2.63. The lowest BCUT2D eigenvalue weighted by molar-refractivity contribution is 1.49. The van der Waals surface area contributed by atoms with Gasteiger partial charge in [0.15, 0.2) is 0 Å². The zero-order chi connectivity index (χ0) is 19.0. The fraction of sp³-hybridized carbons (Fsp3) is 0. The Morgan fingerprint density at radius 2 is 0.560 bits per heavy atom. The van der Waals surface area contributed by atoms with E-state index < -0.39 is 0 Å². The minimum absolute atomic E-state index is 0.00317. The molecule has 2 nitrogen and oxygen atoms in total. The standard InChI is InChI=1S/C13Cl10N2/c14-2-4(16)8(20)12(9(21)5(2)17)24-1-25-13-10(22)6(18)3(15)7(19)11(13)23. The molecule has 2 rings (SSSR count). The van der Waals surface area contributed by atoms with Crippen molar-refractivity contribution in [1.29, 1.82) is 0 Å². The first-order chi connectivity index (χ1) is 11.6. The van der Waals surface area contributed by atoms with Gasteiger partial charge in [-0.15, -0.1) is 0 Å². The Morgan fingerprint density at radius 1 is 0.360 bits per heavy atom. The van der Waals surface area contributed by atoms with Gasteiger partial charge in [0.2, 0.25) is 0 Å². The van der Waals surface area contributed by atoms with Crippen LogP contribution >= 0.6 is 116 Å². The van der Waals surface area contributed by atoms with Crippen molar-refractivity contribution in [2.45, 2.75) is 0 Å². The van der Waals surface area contributed by atoms with Gasteiger partial charge in [-0.2, -0.15) is 9.98 Å². The second-order valence-electron chi connectivity index (χ2n) is 4.16. The molecule has 0 spiro atoms. The quantitative estimate of drug-likeness (QED) is 0.206. The maximum atomic E-state index is 6.04. The van der Waals surface area contributed by atoms with Crippen LogP contribution in [0.1, 0.15) is 0 Å². The van der Waals surface area contributed by atoms with Gasteiger partial charge in [0.25, 0.3) is 0 Å². The molecule has 0 radical (unpaired) electrons. The zero-order valence-electron chi connectivity index (χ0n) is 11.2. The lowest BCUT2D eigenvalue weighted by Gasteiger charge is -2.08. The van der Waals surface area contributed by atoms with E-state index in [9.17, 15) is 0 Å². The van der Waals surface area contributed by atoms with E-state index in [2.05, 4.69) is 16.0 Å². The molecule has 0 fully saturated rings. The van der Waals surface area contributed by atoms with Gasteiger partial charge in [-0.1, -0.05) is 116 Å². The predicted molar refractivity (Wildman–Crippen MR) is 112 cm³/mol. The van der Waals surface area contributed by atoms with Crippen molar-refractivity contribution in [3.63, 3.8) is 0 Å². The predicted octanol–water partition coefficient (Wildman–Crippen LogP) is 10.4. The van der Waals surface area contributed by atoms with Gasteiger partial charge in [0.1, 0.15) is 17.4 Å². The van der Waals surface area contributed by atoms with Crippen LogP contribution in [0.15, 0.2) is 9.98 Å². The van der Waals surface area contributed by atoms with Crippen molar-refractivity contribution in [1.82, 2.24) is 0 Å². The average molecular weight is 539 g/mol. The molecule has 25 heavy (non-hydrogen) atoms. The smallest absolute Gasteiger partial charge is 0.115 e. The molecule has 0 bridgehead atoms. The van der Waals surface area contributed by atoms with Gasteiger partial charge < -0.3 is 0 Å². The summed E-state index contributed by atoms with van der Waals surface area (Å²) in [5.41, 5.74) is 0.00905. The summed E-state index contributed by atoms with van der Waals surface area (Å²) in [5, 5.41) is -0.228. The van der Waals surface area contributed by atoms with Crippen molar-refractivity contribution in [2.75, 3.05) is 0 Å². The van der Waals surface area contributed by atoms with Crippen LogP contribution in [-0.2, 0) is 0 Å². The maximum Gasteiger partial charge on any atom is 0.115 e. The highest BCUT2D eigenvalue weighted by Crippen LogP contribution is 2.49. The zero-order valence-corrected chi connectivity index (χ0v) is 18.7. The van der Waals surface area contributed by atoms with E-state index in [1.54, 1.807) is 0 Å². The van der Waals surface area contributed by atoms with Crippen molar-refractivity contribution in [2.24, 2.45) is 9.98 Å². The molecule has 0 aliphatic rings. The molecule has 0 saturated heterocycles. The van der Waals surface area contributed by atoms with E-state index >= 15 is 0 Å². The molecular weight excluding hydrogens is 539 g/mol. The summed E-state index contributed by atoms with van der Waals surface area (Å²) in [6, 6.07) is 2.32. The first-order valence-electron chi connectivity index (χ1n) is 5.78. The maximum absolute atomic E-state index is 6.04.